The Morgan fingerprint density at radius 1 is 1.05 bits per heavy atom. The zero-order valence-electron chi connectivity index (χ0n) is 11.5. The van der Waals surface area contributed by atoms with E-state index in [1.54, 1.807) is 24.3 Å². The van der Waals surface area contributed by atoms with Gasteiger partial charge in [0.1, 0.15) is 11.5 Å². The lowest BCUT2D eigenvalue weighted by Gasteiger charge is -2.10. The van der Waals surface area contributed by atoms with Crippen LogP contribution >= 0.6 is 0 Å². The molecule has 2 N–H and O–H groups in total. The standard InChI is InChI=1S/C17H18N2O/c1-13(11-18)10-14-2-6-16(7-3-14)20-17-8-4-15(12-19)5-9-17/h2-9,13H,10-11,18H2,1H3. The van der Waals surface area contributed by atoms with E-state index >= 15 is 0 Å². The van der Waals surface area contributed by atoms with E-state index in [1.807, 2.05) is 12.1 Å². The molecule has 2 aromatic rings. The van der Waals surface area contributed by atoms with Crippen LogP contribution in [0.2, 0.25) is 0 Å². The van der Waals surface area contributed by atoms with Crippen LogP contribution in [0.4, 0.5) is 0 Å². The molecule has 0 heterocycles. The lowest BCUT2D eigenvalue weighted by Crippen LogP contribution is -2.12. The average Bonchev–Trinajstić information content (AvgIpc) is 2.50. The number of ether oxygens (including phenoxy) is 1. The van der Waals surface area contributed by atoms with Gasteiger partial charge in [-0.2, -0.15) is 5.26 Å². The van der Waals surface area contributed by atoms with E-state index in [2.05, 4.69) is 25.1 Å². The lowest BCUT2D eigenvalue weighted by atomic mass is 10.0. The van der Waals surface area contributed by atoms with Crippen LogP contribution in [0.5, 0.6) is 11.5 Å². The molecule has 2 aromatic carbocycles. The number of nitrogens with two attached hydrogens (primary N) is 1. The van der Waals surface area contributed by atoms with Gasteiger partial charge in [-0.25, -0.2) is 0 Å². The summed E-state index contributed by atoms with van der Waals surface area (Å²) in [5, 5.41) is 8.74. The number of benzene rings is 2. The summed E-state index contributed by atoms with van der Waals surface area (Å²) >= 11 is 0. The zero-order valence-corrected chi connectivity index (χ0v) is 11.5. The Morgan fingerprint density at radius 2 is 1.60 bits per heavy atom. The molecule has 0 bridgehead atoms. The van der Waals surface area contributed by atoms with Crippen molar-refractivity contribution in [2.45, 2.75) is 13.3 Å². The third kappa shape index (κ3) is 3.84. The maximum Gasteiger partial charge on any atom is 0.127 e. The van der Waals surface area contributed by atoms with E-state index in [0.717, 1.165) is 17.9 Å². The molecule has 0 amide bonds. The summed E-state index contributed by atoms with van der Waals surface area (Å²) in [5.41, 5.74) is 7.52. The molecule has 0 aliphatic rings. The van der Waals surface area contributed by atoms with Crippen molar-refractivity contribution in [3.63, 3.8) is 0 Å². The first kappa shape index (κ1) is 14.1. The highest BCUT2D eigenvalue weighted by Gasteiger charge is 2.02. The van der Waals surface area contributed by atoms with Gasteiger partial charge in [0.2, 0.25) is 0 Å². The largest absolute Gasteiger partial charge is 0.457 e. The summed E-state index contributed by atoms with van der Waals surface area (Å²) in [6, 6.07) is 17.2. The van der Waals surface area contributed by atoms with E-state index in [-0.39, 0.29) is 0 Å². The van der Waals surface area contributed by atoms with Gasteiger partial charge in [-0.15, -0.1) is 0 Å². The monoisotopic (exact) mass is 266 g/mol. The Morgan fingerprint density at radius 3 is 2.10 bits per heavy atom. The van der Waals surface area contributed by atoms with Crippen LogP contribution in [0.15, 0.2) is 48.5 Å². The Kier molecular flexibility index (Phi) is 4.75. The van der Waals surface area contributed by atoms with Crippen molar-refractivity contribution in [1.29, 1.82) is 5.26 Å². The molecule has 3 heteroatoms. The van der Waals surface area contributed by atoms with Crippen LogP contribution < -0.4 is 10.5 Å². The van der Waals surface area contributed by atoms with Crippen LogP contribution in [0, 0.1) is 17.2 Å². The fourth-order valence-corrected chi connectivity index (χ4v) is 1.91. The minimum atomic E-state index is 0.486. The zero-order chi connectivity index (χ0) is 14.4. The van der Waals surface area contributed by atoms with Crippen LogP contribution in [0.25, 0.3) is 0 Å². The highest BCUT2D eigenvalue weighted by Crippen LogP contribution is 2.22. The molecule has 0 fully saturated rings. The van der Waals surface area contributed by atoms with Gasteiger partial charge in [0.25, 0.3) is 0 Å². The summed E-state index contributed by atoms with van der Waals surface area (Å²) < 4.78 is 5.73. The SMILES string of the molecule is CC(CN)Cc1ccc(Oc2ccc(C#N)cc2)cc1. The quantitative estimate of drug-likeness (QED) is 0.901. The normalized spacial score (nSPS) is 11.7. The molecule has 2 rings (SSSR count). The van der Waals surface area contributed by atoms with Gasteiger partial charge in [-0.1, -0.05) is 19.1 Å². The van der Waals surface area contributed by atoms with Crippen LogP contribution in [0.3, 0.4) is 0 Å². The Hall–Kier alpha value is -2.31. The minimum Gasteiger partial charge on any atom is -0.457 e. The van der Waals surface area contributed by atoms with Crippen molar-refractivity contribution in [1.82, 2.24) is 0 Å². The van der Waals surface area contributed by atoms with E-state index in [1.165, 1.54) is 5.56 Å². The molecule has 0 spiro atoms. The predicted molar refractivity (Wildman–Crippen MR) is 79.6 cm³/mol. The maximum atomic E-state index is 8.74. The number of rotatable bonds is 5. The average molecular weight is 266 g/mol. The summed E-state index contributed by atoms with van der Waals surface area (Å²) in [6.45, 7) is 2.84. The molecule has 0 aliphatic carbocycles. The molecular formula is C17H18N2O. The molecular weight excluding hydrogens is 248 g/mol. The highest BCUT2D eigenvalue weighted by atomic mass is 16.5. The van der Waals surface area contributed by atoms with Gasteiger partial charge in [0, 0.05) is 0 Å². The molecule has 0 radical (unpaired) electrons. The first-order chi connectivity index (χ1) is 9.71. The fourth-order valence-electron chi connectivity index (χ4n) is 1.91. The maximum absolute atomic E-state index is 8.74. The van der Waals surface area contributed by atoms with E-state index in [4.69, 9.17) is 15.7 Å². The van der Waals surface area contributed by atoms with Crippen molar-refractivity contribution in [3.8, 4) is 17.6 Å². The Bertz CT molecular complexity index is 582. The summed E-state index contributed by atoms with van der Waals surface area (Å²) in [5.74, 6) is 2.01. The predicted octanol–water partition coefficient (Wildman–Crippen LogP) is 3.49. The topological polar surface area (TPSA) is 59.0 Å². The van der Waals surface area contributed by atoms with Gasteiger partial charge in [0.15, 0.2) is 0 Å². The lowest BCUT2D eigenvalue weighted by molar-refractivity contribution is 0.482. The molecule has 20 heavy (non-hydrogen) atoms. The number of hydrogen-bond acceptors (Lipinski definition) is 3. The summed E-state index contributed by atoms with van der Waals surface area (Å²) in [6.07, 6.45) is 0.980. The number of hydrogen-bond donors (Lipinski definition) is 1. The summed E-state index contributed by atoms with van der Waals surface area (Å²) in [4.78, 5) is 0. The van der Waals surface area contributed by atoms with Crippen molar-refractivity contribution >= 4 is 0 Å². The molecule has 0 aromatic heterocycles. The molecule has 1 atom stereocenters. The second-order valence-corrected chi connectivity index (χ2v) is 4.93. The van der Waals surface area contributed by atoms with Crippen molar-refractivity contribution in [2.75, 3.05) is 6.54 Å². The van der Waals surface area contributed by atoms with E-state index in [0.29, 0.717) is 18.0 Å². The van der Waals surface area contributed by atoms with Gasteiger partial charge < -0.3 is 10.5 Å². The molecule has 3 nitrogen and oxygen atoms in total. The molecule has 0 aliphatic heterocycles. The van der Waals surface area contributed by atoms with Crippen LogP contribution in [-0.4, -0.2) is 6.54 Å². The van der Waals surface area contributed by atoms with Crippen molar-refractivity contribution in [3.05, 3.63) is 59.7 Å². The van der Waals surface area contributed by atoms with Crippen molar-refractivity contribution < 1.29 is 4.74 Å². The van der Waals surface area contributed by atoms with Crippen molar-refractivity contribution in [2.24, 2.45) is 11.7 Å². The second kappa shape index (κ2) is 6.74. The highest BCUT2D eigenvalue weighted by molar-refractivity contribution is 5.37. The van der Waals surface area contributed by atoms with E-state index in [9.17, 15) is 0 Å². The first-order valence-corrected chi connectivity index (χ1v) is 6.68. The number of nitriles is 1. The molecule has 102 valence electrons. The smallest absolute Gasteiger partial charge is 0.127 e. The molecule has 1 unspecified atom stereocenters. The Balaban J connectivity index is 2.01. The van der Waals surface area contributed by atoms with Gasteiger partial charge in [-0.3, -0.25) is 0 Å². The van der Waals surface area contributed by atoms with Gasteiger partial charge in [0.05, 0.1) is 11.6 Å². The third-order valence-corrected chi connectivity index (χ3v) is 3.13. The van der Waals surface area contributed by atoms with Crippen LogP contribution in [-0.2, 0) is 6.42 Å². The van der Waals surface area contributed by atoms with Crippen LogP contribution in [0.1, 0.15) is 18.1 Å². The third-order valence-electron chi connectivity index (χ3n) is 3.13. The molecule has 0 saturated heterocycles. The molecule has 0 saturated carbocycles. The van der Waals surface area contributed by atoms with Gasteiger partial charge in [-0.05, 0) is 60.8 Å². The minimum absolute atomic E-state index is 0.486. The fraction of sp³-hybridized carbons (Fsp3) is 0.235. The second-order valence-electron chi connectivity index (χ2n) is 4.93. The number of nitrogens with zero attached hydrogens (tertiary/aromatic N) is 1. The Labute approximate surface area is 119 Å². The van der Waals surface area contributed by atoms with E-state index < -0.39 is 0 Å². The summed E-state index contributed by atoms with van der Waals surface area (Å²) in [7, 11) is 0. The first-order valence-electron chi connectivity index (χ1n) is 6.68. The van der Waals surface area contributed by atoms with Gasteiger partial charge >= 0.3 is 0 Å².